The number of thiol groups is 1. The van der Waals surface area contributed by atoms with Gasteiger partial charge in [-0.05, 0) is 55.0 Å². The van der Waals surface area contributed by atoms with Crippen LogP contribution < -0.4 is 10.2 Å². The lowest BCUT2D eigenvalue weighted by Gasteiger charge is -2.23. The zero-order valence-electron chi connectivity index (χ0n) is 18.2. The summed E-state index contributed by atoms with van der Waals surface area (Å²) in [4.78, 5) is 37.4. The van der Waals surface area contributed by atoms with Crippen LogP contribution in [0.15, 0.2) is 53.4 Å². The predicted molar refractivity (Wildman–Crippen MR) is 126 cm³/mol. The monoisotopic (exact) mass is 509 g/mol. The molecule has 1 aliphatic rings. The van der Waals surface area contributed by atoms with Gasteiger partial charge in [0.15, 0.2) is 5.78 Å². The zero-order valence-corrected chi connectivity index (χ0v) is 19.9. The Balaban J connectivity index is 1.60. The number of halogens is 1. The molecule has 0 aromatic heterocycles. The van der Waals surface area contributed by atoms with E-state index in [1.54, 1.807) is 0 Å². The number of hydrogen-bond donors (Lipinski definition) is 3. The van der Waals surface area contributed by atoms with Crippen molar-refractivity contribution in [3.05, 3.63) is 59.9 Å². The Labute approximate surface area is 202 Å². The van der Waals surface area contributed by atoms with Crippen LogP contribution in [-0.2, 0) is 19.6 Å². The van der Waals surface area contributed by atoms with Crippen LogP contribution in [0, 0.1) is 5.82 Å². The number of likely N-dealkylation sites (N-methyl/N-ethyl adjacent to an activating group) is 1. The third-order valence-electron chi connectivity index (χ3n) is 5.48. The van der Waals surface area contributed by atoms with Gasteiger partial charge in [0, 0.05) is 24.5 Å². The quantitative estimate of drug-likeness (QED) is 0.437. The zero-order chi connectivity index (χ0) is 25.0. The van der Waals surface area contributed by atoms with Gasteiger partial charge < -0.3 is 15.3 Å². The largest absolute Gasteiger partial charge is 0.478 e. The number of ketones is 1. The number of amides is 1. The number of carbonyl (C=O) groups is 3. The van der Waals surface area contributed by atoms with Crippen molar-refractivity contribution in [1.82, 2.24) is 9.62 Å². The molecule has 182 valence electrons. The summed E-state index contributed by atoms with van der Waals surface area (Å²) in [6.45, 7) is -0.393. The van der Waals surface area contributed by atoms with E-state index in [-0.39, 0.29) is 47.7 Å². The van der Waals surface area contributed by atoms with Crippen LogP contribution in [0.4, 0.5) is 10.1 Å². The summed E-state index contributed by atoms with van der Waals surface area (Å²) in [5, 5.41) is 11.4. The average molecular weight is 510 g/mol. The van der Waals surface area contributed by atoms with Gasteiger partial charge in [0.2, 0.25) is 15.9 Å². The maximum Gasteiger partial charge on any atom is 0.335 e. The molecule has 2 atom stereocenters. The van der Waals surface area contributed by atoms with Crippen LogP contribution in [0.1, 0.15) is 16.8 Å². The molecular weight excluding hydrogens is 485 g/mol. The van der Waals surface area contributed by atoms with Crippen LogP contribution in [0.3, 0.4) is 0 Å². The number of nitrogens with one attached hydrogen (secondary N) is 1. The van der Waals surface area contributed by atoms with Gasteiger partial charge in [0.25, 0.3) is 0 Å². The fraction of sp³-hybridized carbons (Fsp3) is 0.318. The van der Waals surface area contributed by atoms with E-state index in [0.29, 0.717) is 5.69 Å². The van der Waals surface area contributed by atoms with Crippen LogP contribution >= 0.6 is 12.6 Å². The molecule has 1 fully saturated rings. The molecule has 1 amide bonds. The topological polar surface area (TPSA) is 124 Å². The van der Waals surface area contributed by atoms with Crippen molar-refractivity contribution < 1.29 is 32.3 Å². The van der Waals surface area contributed by atoms with Gasteiger partial charge in [-0.1, -0.05) is 0 Å². The van der Waals surface area contributed by atoms with E-state index in [9.17, 15) is 27.2 Å². The molecular formula is C22H24FN3O6S2. The highest BCUT2D eigenvalue weighted by atomic mass is 32.2. The summed E-state index contributed by atoms with van der Waals surface area (Å²) in [6, 6.07) is 9.16. The van der Waals surface area contributed by atoms with Crippen molar-refractivity contribution in [2.45, 2.75) is 22.6 Å². The minimum atomic E-state index is -4.03. The Morgan fingerprint density at radius 2 is 1.74 bits per heavy atom. The van der Waals surface area contributed by atoms with Crippen LogP contribution in [0.25, 0.3) is 0 Å². The van der Waals surface area contributed by atoms with E-state index < -0.39 is 33.6 Å². The SMILES string of the molecule is CN(C(=O)CNCC(=O)C1CC(S)CN1S(=O)(=O)c1ccc(F)cc1)c1ccc(C(=O)O)cc1. The van der Waals surface area contributed by atoms with E-state index in [0.717, 1.165) is 28.6 Å². The van der Waals surface area contributed by atoms with E-state index in [2.05, 4.69) is 17.9 Å². The normalized spacial score (nSPS) is 18.6. The number of aromatic carboxylic acids is 1. The Hall–Kier alpha value is -2.80. The molecule has 1 saturated heterocycles. The van der Waals surface area contributed by atoms with E-state index in [4.69, 9.17) is 5.11 Å². The molecule has 1 heterocycles. The molecule has 3 rings (SSSR count). The van der Waals surface area contributed by atoms with Crippen molar-refractivity contribution in [2.24, 2.45) is 0 Å². The molecule has 0 aliphatic carbocycles. The number of carboxylic acid groups (broad SMARTS) is 1. The molecule has 1 aliphatic heterocycles. The van der Waals surface area contributed by atoms with Crippen molar-refractivity contribution >= 4 is 46.0 Å². The summed E-state index contributed by atoms with van der Waals surface area (Å²) in [7, 11) is -2.52. The number of anilines is 1. The summed E-state index contributed by atoms with van der Waals surface area (Å²) >= 11 is 4.34. The number of carbonyl (C=O) groups excluding carboxylic acids is 2. The van der Waals surface area contributed by atoms with Gasteiger partial charge in [0.1, 0.15) is 5.82 Å². The summed E-state index contributed by atoms with van der Waals surface area (Å²) < 4.78 is 40.3. The molecule has 2 unspecified atom stereocenters. The number of Topliss-reactive ketones (excluding diaryl/α,β-unsaturated/α-hetero) is 1. The Bertz CT molecular complexity index is 1170. The maximum absolute atomic E-state index is 13.2. The molecule has 2 aromatic carbocycles. The molecule has 2 aromatic rings. The average Bonchev–Trinajstić information content (AvgIpc) is 3.21. The summed E-state index contributed by atoms with van der Waals surface area (Å²) in [5.74, 6) is -2.43. The second kappa shape index (κ2) is 10.6. The molecule has 0 bridgehead atoms. The molecule has 0 spiro atoms. The minimum Gasteiger partial charge on any atom is -0.478 e. The maximum atomic E-state index is 13.2. The fourth-order valence-corrected chi connectivity index (χ4v) is 5.74. The first-order chi connectivity index (χ1) is 16.0. The third kappa shape index (κ3) is 5.81. The van der Waals surface area contributed by atoms with E-state index in [1.165, 1.54) is 36.2 Å². The molecule has 12 heteroatoms. The van der Waals surface area contributed by atoms with Gasteiger partial charge in [-0.15, -0.1) is 0 Å². The van der Waals surface area contributed by atoms with Crippen LogP contribution in [-0.4, -0.2) is 73.5 Å². The van der Waals surface area contributed by atoms with Crippen molar-refractivity contribution in [3.8, 4) is 0 Å². The predicted octanol–water partition coefficient (Wildman–Crippen LogP) is 1.41. The second-order valence-electron chi connectivity index (χ2n) is 7.81. The van der Waals surface area contributed by atoms with E-state index >= 15 is 0 Å². The number of benzene rings is 2. The smallest absolute Gasteiger partial charge is 0.335 e. The first-order valence-corrected chi connectivity index (χ1v) is 12.2. The lowest BCUT2D eigenvalue weighted by molar-refractivity contribution is -0.121. The van der Waals surface area contributed by atoms with Crippen LogP contribution in [0.2, 0.25) is 0 Å². The molecule has 0 saturated carbocycles. The van der Waals surface area contributed by atoms with Crippen molar-refractivity contribution in [2.75, 3.05) is 31.6 Å². The van der Waals surface area contributed by atoms with Crippen molar-refractivity contribution in [1.29, 1.82) is 0 Å². The summed E-state index contributed by atoms with van der Waals surface area (Å²) in [5.41, 5.74) is 0.570. The van der Waals surface area contributed by atoms with Gasteiger partial charge in [-0.2, -0.15) is 16.9 Å². The molecule has 2 N–H and O–H groups in total. The molecule has 34 heavy (non-hydrogen) atoms. The highest BCUT2D eigenvalue weighted by Gasteiger charge is 2.42. The number of hydrogen-bond acceptors (Lipinski definition) is 7. The highest BCUT2D eigenvalue weighted by molar-refractivity contribution is 7.89. The van der Waals surface area contributed by atoms with Gasteiger partial charge in [0.05, 0.1) is 29.6 Å². The summed E-state index contributed by atoms with van der Waals surface area (Å²) in [6.07, 6.45) is 0.216. The van der Waals surface area contributed by atoms with Gasteiger partial charge in [-0.3, -0.25) is 9.59 Å². The first-order valence-electron chi connectivity index (χ1n) is 10.3. The lowest BCUT2D eigenvalue weighted by Crippen LogP contribution is -2.45. The van der Waals surface area contributed by atoms with Crippen molar-refractivity contribution in [3.63, 3.8) is 0 Å². The van der Waals surface area contributed by atoms with E-state index in [1.807, 2.05) is 0 Å². The number of carboxylic acids is 1. The Morgan fingerprint density at radius 1 is 1.12 bits per heavy atom. The first kappa shape index (κ1) is 25.8. The standard InChI is InChI=1S/C22H24FN3O6S2/c1-25(16-6-2-14(3-7-16)22(29)30)21(28)12-24-11-20(27)19-10-17(33)13-26(19)34(31,32)18-8-4-15(23)5-9-18/h2-9,17,19,24,33H,10-13H2,1H3,(H,29,30). The number of nitrogens with zero attached hydrogens (tertiary/aromatic N) is 2. The molecule has 9 nitrogen and oxygen atoms in total. The Kier molecular flexibility index (Phi) is 8.08. The second-order valence-corrected chi connectivity index (χ2v) is 10.4. The Morgan fingerprint density at radius 3 is 2.32 bits per heavy atom. The van der Waals surface area contributed by atoms with Gasteiger partial charge in [-0.25, -0.2) is 17.6 Å². The number of rotatable bonds is 9. The highest BCUT2D eigenvalue weighted by Crippen LogP contribution is 2.29. The fourth-order valence-electron chi connectivity index (χ4n) is 3.59. The minimum absolute atomic E-state index is 0.0350. The van der Waals surface area contributed by atoms with Crippen LogP contribution in [0.5, 0.6) is 0 Å². The molecule has 0 radical (unpaired) electrons. The lowest BCUT2D eigenvalue weighted by atomic mass is 10.1. The number of sulfonamides is 1. The van der Waals surface area contributed by atoms with Gasteiger partial charge >= 0.3 is 5.97 Å². The third-order valence-corrected chi connectivity index (χ3v) is 7.74.